The fourth-order valence-corrected chi connectivity index (χ4v) is 1.72. The third-order valence-corrected chi connectivity index (χ3v) is 2.92. The van der Waals surface area contributed by atoms with Crippen LogP contribution in [-0.2, 0) is 14.3 Å². The van der Waals surface area contributed by atoms with Gasteiger partial charge in [-0.05, 0) is 31.9 Å². The summed E-state index contributed by atoms with van der Waals surface area (Å²) in [5, 5.41) is 0. The molecule has 102 valence electrons. The van der Waals surface area contributed by atoms with Crippen molar-refractivity contribution in [3.8, 4) is 11.8 Å². The second-order valence-corrected chi connectivity index (χ2v) is 4.55. The van der Waals surface area contributed by atoms with Crippen molar-refractivity contribution in [2.75, 3.05) is 6.61 Å². The molecule has 1 aromatic rings. The molecule has 3 nitrogen and oxygen atoms in total. The molecule has 0 amide bonds. The predicted molar refractivity (Wildman–Crippen MR) is 75.8 cm³/mol. The molecule has 0 radical (unpaired) electrons. The minimum atomic E-state index is -0.577. The first-order valence-electron chi connectivity index (χ1n) is 6.70. The predicted octanol–water partition coefficient (Wildman–Crippen LogP) is 2.51. The Morgan fingerprint density at radius 1 is 1.30 bits per heavy atom. The highest BCUT2D eigenvalue weighted by molar-refractivity contribution is 6.19. The topological polar surface area (TPSA) is 43.4 Å². The van der Waals surface area contributed by atoms with Crippen LogP contribution in [0.15, 0.2) is 42.0 Å². The Morgan fingerprint density at radius 3 is 2.60 bits per heavy atom. The summed E-state index contributed by atoms with van der Waals surface area (Å²) in [6.45, 7) is 1.97. The fourth-order valence-electron chi connectivity index (χ4n) is 1.72. The largest absolute Gasteiger partial charge is 0.462 e. The Labute approximate surface area is 118 Å². The van der Waals surface area contributed by atoms with E-state index in [2.05, 4.69) is 11.8 Å². The molecule has 20 heavy (non-hydrogen) atoms. The van der Waals surface area contributed by atoms with Gasteiger partial charge < -0.3 is 4.74 Å². The van der Waals surface area contributed by atoms with E-state index in [1.807, 2.05) is 30.3 Å². The van der Waals surface area contributed by atoms with Crippen molar-refractivity contribution in [3.05, 3.63) is 47.5 Å². The number of ketones is 1. The van der Waals surface area contributed by atoms with Gasteiger partial charge in [0.05, 0.1) is 6.61 Å². The van der Waals surface area contributed by atoms with Crippen molar-refractivity contribution >= 4 is 11.8 Å². The summed E-state index contributed by atoms with van der Waals surface area (Å²) in [5.74, 6) is 4.92. The van der Waals surface area contributed by atoms with Crippen LogP contribution in [0, 0.1) is 17.8 Å². The number of benzene rings is 1. The number of carbonyl (C=O) groups is 2. The molecule has 0 heterocycles. The summed E-state index contributed by atoms with van der Waals surface area (Å²) in [6, 6.07) is 9.41. The second-order valence-electron chi connectivity index (χ2n) is 4.55. The fraction of sp³-hybridized carbons (Fsp3) is 0.294. The summed E-state index contributed by atoms with van der Waals surface area (Å²) >= 11 is 0. The van der Waals surface area contributed by atoms with Crippen molar-refractivity contribution < 1.29 is 14.3 Å². The van der Waals surface area contributed by atoms with E-state index in [1.54, 1.807) is 6.92 Å². The first kappa shape index (κ1) is 14.1. The van der Waals surface area contributed by atoms with E-state index in [4.69, 9.17) is 4.74 Å². The number of esters is 1. The van der Waals surface area contributed by atoms with Crippen LogP contribution >= 0.6 is 0 Å². The zero-order chi connectivity index (χ0) is 14.4. The Balaban J connectivity index is 2.17. The van der Waals surface area contributed by atoms with Gasteiger partial charge in [0.2, 0.25) is 0 Å². The molecular weight excluding hydrogens is 252 g/mol. The van der Waals surface area contributed by atoms with Gasteiger partial charge in [0.25, 0.3) is 0 Å². The Kier molecular flexibility index (Phi) is 4.73. The highest BCUT2D eigenvalue weighted by atomic mass is 16.5. The van der Waals surface area contributed by atoms with Crippen LogP contribution in [0.25, 0.3) is 0 Å². The van der Waals surface area contributed by atoms with E-state index in [1.165, 1.54) is 6.08 Å². The van der Waals surface area contributed by atoms with Crippen LogP contribution in [-0.4, -0.2) is 18.4 Å². The van der Waals surface area contributed by atoms with Crippen LogP contribution in [0.2, 0.25) is 0 Å². The smallest absolute Gasteiger partial charge is 0.342 e. The van der Waals surface area contributed by atoms with E-state index < -0.39 is 5.97 Å². The Bertz CT molecular complexity index is 584. The summed E-state index contributed by atoms with van der Waals surface area (Å²) in [5.41, 5.74) is 0.906. The monoisotopic (exact) mass is 268 g/mol. The molecule has 1 aliphatic rings. The lowest BCUT2D eigenvalue weighted by molar-refractivity contribution is -0.140. The minimum Gasteiger partial charge on any atom is -0.462 e. The standard InChI is InChI=1S/C17H16O3/c1-2-20-17(19)15(16(18)14-11-12-14)10-6-9-13-7-4-3-5-8-13/h3-5,7-8,10,14H,2,11-12H2,1H3/b15-10+. The lowest BCUT2D eigenvalue weighted by Gasteiger charge is -2.03. The highest BCUT2D eigenvalue weighted by Gasteiger charge is 2.34. The molecule has 1 aliphatic carbocycles. The maximum atomic E-state index is 12.0. The average molecular weight is 268 g/mol. The van der Waals surface area contributed by atoms with Crippen molar-refractivity contribution in [2.45, 2.75) is 19.8 Å². The summed E-state index contributed by atoms with van der Waals surface area (Å²) in [6.07, 6.45) is 3.08. The number of carbonyl (C=O) groups excluding carboxylic acids is 2. The van der Waals surface area contributed by atoms with Crippen molar-refractivity contribution in [2.24, 2.45) is 5.92 Å². The van der Waals surface area contributed by atoms with E-state index in [9.17, 15) is 9.59 Å². The van der Waals surface area contributed by atoms with Crippen molar-refractivity contribution in [1.82, 2.24) is 0 Å². The molecule has 0 aliphatic heterocycles. The Hall–Kier alpha value is -2.34. The van der Waals surface area contributed by atoms with Gasteiger partial charge >= 0.3 is 5.97 Å². The van der Waals surface area contributed by atoms with Gasteiger partial charge in [-0.3, -0.25) is 4.79 Å². The quantitative estimate of drug-likeness (QED) is 0.277. The maximum absolute atomic E-state index is 12.0. The number of ether oxygens (including phenoxy) is 1. The van der Waals surface area contributed by atoms with Crippen molar-refractivity contribution in [1.29, 1.82) is 0 Å². The number of allylic oxidation sites excluding steroid dienone is 1. The third-order valence-electron chi connectivity index (χ3n) is 2.92. The molecule has 3 heteroatoms. The molecule has 0 aromatic heterocycles. The van der Waals surface area contributed by atoms with Gasteiger partial charge in [-0.15, -0.1) is 0 Å². The van der Waals surface area contributed by atoms with Crippen LogP contribution in [0.5, 0.6) is 0 Å². The first-order valence-corrected chi connectivity index (χ1v) is 6.70. The molecule has 1 aromatic carbocycles. The van der Waals surface area contributed by atoms with E-state index in [0.717, 1.165) is 18.4 Å². The van der Waals surface area contributed by atoms with E-state index in [0.29, 0.717) is 0 Å². The van der Waals surface area contributed by atoms with Gasteiger partial charge in [-0.25, -0.2) is 4.79 Å². The second kappa shape index (κ2) is 6.72. The number of rotatable bonds is 4. The molecular formula is C17H16O3. The summed E-state index contributed by atoms with van der Waals surface area (Å²) in [4.78, 5) is 23.8. The summed E-state index contributed by atoms with van der Waals surface area (Å²) in [7, 11) is 0. The molecule has 0 saturated heterocycles. The lowest BCUT2D eigenvalue weighted by Crippen LogP contribution is -2.17. The molecule has 0 spiro atoms. The number of Topliss-reactive ketones (excluding diaryl/α,β-unsaturated/α-hetero) is 1. The van der Waals surface area contributed by atoms with Crippen molar-refractivity contribution in [3.63, 3.8) is 0 Å². The maximum Gasteiger partial charge on any atom is 0.342 e. The zero-order valence-electron chi connectivity index (χ0n) is 11.4. The molecule has 0 bridgehead atoms. The molecule has 1 saturated carbocycles. The third kappa shape index (κ3) is 3.83. The van der Waals surface area contributed by atoms with Gasteiger partial charge in [0.15, 0.2) is 5.78 Å². The van der Waals surface area contributed by atoms with Crippen LogP contribution < -0.4 is 0 Å². The normalized spacial score (nSPS) is 14.2. The van der Waals surface area contributed by atoms with Gasteiger partial charge in [0.1, 0.15) is 5.57 Å². The number of hydrogen-bond acceptors (Lipinski definition) is 3. The molecule has 1 fully saturated rings. The first-order chi connectivity index (χ1) is 9.72. The van der Waals surface area contributed by atoms with Crippen LogP contribution in [0.1, 0.15) is 25.3 Å². The van der Waals surface area contributed by atoms with Crippen LogP contribution in [0.3, 0.4) is 0 Å². The SMILES string of the molecule is CCOC(=O)/C(=C/C#Cc1ccccc1)C(=O)C1CC1. The van der Waals surface area contributed by atoms with Gasteiger partial charge in [-0.2, -0.15) is 0 Å². The van der Waals surface area contributed by atoms with E-state index >= 15 is 0 Å². The number of hydrogen-bond donors (Lipinski definition) is 0. The minimum absolute atomic E-state index is 0.0239. The van der Waals surface area contributed by atoms with Gasteiger partial charge in [0, 0.05) is 17.6 Å². The molecule has 2 rings (SSSR count). The zero-order valence-corrected chi connectivity index (χ0v) is 11.4. The van der Waals surface area contributed by atoms with Gasteiger partial charge in [-0.1, -0.05) is 30.0 Å². The highest BCUT2D eigenvalue weighted by Crippen LogP contribution is 2.32. The lowest BCUT2D eigenvalue weighted by atomic mass is 10.1. The molecule has 0 atom stereocenters. The molecule has 0 N–H and O–H groups in total. The molecule has 0 unspecified atom stereocenters. The summed E-state index contributed by atoms with van der Waals surface area (Å²) < 4.78 is 4.91. The van der Waals surface area contributed by atoms with E-state index in [-0.39, 0.29) is 23.9 Å². The average Bonchev–Trinajstić information content (AvgIpc) is 3.29. The Morgan fingerprint density at radius 2 is 2.00 bits per heavy atom. The van der Waals surface area contributed by atoms with Crippen LogP contribution in [0.4, 0.5) is 0 Å².